The van der Waals surface area contributed by atoms with E-state index < -0.39 is 0 Å². The molecule has 0 aliphatic carbocycles. The number of hydrogen-bond acceptors (Lipinski definition) is 4. The van der Waals surface area contributed by atoms with Crippen LogP contribution >= 0.6 is 9.47 Å². The van der Waals surface area contributed by atoms with Crippen LogP contribution in [0.25, 0.3) is 0 Å². The number of nitrogens with one attached hydrogen (secondary N) is 1. The van der Waals surface area contributed by atoms with Crippen molar-refractivity contribution in [1.82, 2.24) is 5.48 Å². The highest BCUT2D eigenvalue weighted by Crippen LogP contribution is 1.83. The molecule has 0 aromatic heterocycles. The zero-order valence-electron chi connectivity index (χ0n) is 5.42. The maximum absolute atomic E-state index is 4.89. The molecular formula is C4H12NO3P. The van der Waals surface area contributed by atoms with Crippen molar-refractivity contribution >= 4 is 9.47 Å². The Hall–Kier alpha value is 0.270. The molecule has 0 radical (unpaired) electrons. The maximum atomic E-state index is 4.89. The van der Waals surface area contributed by atoms with Crippen LogP contribution in [0.1, 0.15) is 0 Å². The third-order valence-corrected chi connectivity index (χ3v) is 0.868. The van der Waals surface area contributed by atoms with E-state index >= 15 is 0 Å². The molecule has 1 atom stereocenters. The smallest absolute Gasteiger partial charge is 0.166 e. The fourth-order valence-electron chi connectivity index (χ4n) is 0.267. The van der Waals surface area contributed by atoms with Gasteiger partial charge in [0, 0.05) is 16.5 Å². The molecule has 0 bridgehead atoms. The van der Waals surface area contributed by atoms with Crippen molar-refractivity contribution in [1.29, 1.82) is 0 Å². The average Bonchev–Trinajstić information content (AvgIpc) is 1.89. The summed E-state index contributed by atoms with van der Waals surface area (Å²) in [4.78, 5) is 4.65. The molecule has 1 N–H and O–H groups in total. The molecule has 0 spiro atoms. The van der Waals surface area contributed by atoms with Gasteiger partial charge in [-0.3, -0.25) is 4.84 Å². The minimum atomic E-state index is 0.254. The van der Waals surface area contributed by atoms with Gasteiger partial charge in [-0.15, -0.1) is 0 Å². The third kappa shape index (κ3) is 8.27. The molecule has 0 saturated heterocycles. The van der Waals surface area contributed by atoms with Gasteiger partial charge < -0.3 is 9.26 Å². The van der Waals surface area contributed by atoms with Crippen LogP contribution in [0, 0.1) is 0 Å². The number of hydroxylamine groups is 1. The van der Waals surface area contributed by atoms with Crippen LogP contribution in [-0.2, 0) is 14.1 Å². The molecule has 0 aromatic rings. The predicted molar refractivity (Wildman–Crippen MR) is 36.6 cm³/mol. The summed E-state index contributed by atoms with van der Waals surface area (Å²) in [7, 11) is 3.82. The van der Waals surface area contributed by atoms with E-state index in [2.05, 4.69) is 24.3 Å². The molecule has 0 aliphatic heterocycles. The van der Waals surface area contributed by atoms with E-state index in [4.69, 9.17) is 4.74 Å². The largest absolute Gasteiger partial charge is 0.363 e. The summed E-state index contributed by atoms with van der Waals surface area (Å²) in [6.07, 6.45) is 0. The summed E-state index contributed by atoms with van der Waals surface area (Å²) in [5.74, 6) is 0. The SMILES string of the molecule is CNOCOCCOP. The van der Waals surface area contributed by atoms with E-state index in [1.54, 1.807) is 7.05 Å². The lowest BCUT2D eigenvalue weighted by Gasteiger charge is -2.01. The van der Waals surface area contributed by atoms with Crippen molar-refractivity contribution in [3.8, 4) is 0 Å². The van der Waals surface area contributed by atoms with Crippen LogP contribution in [0.5, 0.6) is 0 Å². The molecule has 0 fully saturated rings. The highest BCUT2D eigenvalue weighted by atomic mass is 31.0. The van der Waals surface area contributed by atoms with E-state index in [0.717, 1.165) is 0 Å². The lowest BCUT2D eigenvalue weighted by Crippen LogP contribution is -2.12. The summed E-state index contributed by atoms with van der Waals surface area (Å²) in [5, 5.41) is 0. The Morgan fingerprint density at radius 1 is 1.44 bits per heavy atom. The molecule has 5 heteroatoms. The van der Waals surface area contributed by atoms with E-state index in [1.165, 1.54) is 0 Å². The van der Waals surface area contributed by atoms with Crippen molar-refractivity contribution in [3.63, 3.8) is 0 Å². The first kappa shape index (κ1) is 9.27. The van der Waals surface area contributed by atoms with Gasteiger partial charge in [0.25, 0.3) is 0 Å². The first-order valence-electron chi connectivity index (χ1n) is 2.59. The Balaban J connectivity index is 2.60. The lowest BCUT2D eigenvalue weighted by atomic mass is 10.8. The van der Waals surface area contributed by atoms with Crippen molar-refractivity contribution in [2.24, 2.45) is 0 Å². The Bertz CT molecular complexity index is 49.1. The number of ether oxygens (including phenoxy) is 1. The molecule has 9 heavy (non-hydrogen) atoms. The third-order valence-electron chi connectivity index (χ3n) is 0.632. The molecule has 0 amide bonds. The van der Waals surface area contributed by atoms with E-state index in [9.17, 15) is 0 Å². The molecule has 0 aliphatic rings. The van der Waals surface area contributed by atoms with Gasteiger partial charge in [0.05, 0.1) is 13.2 Å². The molecule has 0 saturated carbocycles. The van der Waals surface area contributed by atoms with Crippen LogP contribution in [0.15, 0.2) is 0 Å². The zero-order chi connectivity index (χ0) is 6.95. The van der Waals surface area contributed by atoms with Crippen molar-refractivity contribution in [3.05, 3.63) is 0 Å². The fraction of sp³-hybridized carbons (Fsp3) is 1.00. The van der Waals surface area contributed by atoms with E-state index in [0.29, 0.717) is 13.2 Å². The van der Waals surface area contributed by atoms with E-state index in [1.807, 2.05) is 0 Å². The summed E-state index contributed by atoms with van der Waals surface area (Å²) in [6, 6.07) is 0. The van der Waals surface area contributed by atoms with Gasteiger partial charge in [0.15, 0.2) is 6.79 Å². The van der Waals surface area contributed by atoms with Gasteiger partial charge in [0.2, 0.25) is 0 Å². The van der Waals surface area contributed by atoms with Crippen molar-refractivity contribution in [2.45, 2.75) is 0 Å². The van der Waals surface area contributed by atoms with Gasteiger partial charge in [0.1, 0.15) is 0 Å². The minimum absolute atomic E-state index is 0.254. The van der Waals surface area contributed by atoms with Gasteiger partial charge >= 0.3 is 0 Å². The molecule has 56 valence electrons. The standard InChI is InChI=1S/C4H12NO3P/c1-5-7-4-6-2-3-8-9/h5H,2-4,9H2,1H3. The Labute approximate surface area is 57.1 Å². The second-order valence-corrected chi connectivity index (χ2v) is 1.58. The fourth-order valence-corrected chi connectivity index (χ4v) is 0.363. The highest BCUT2D eigenvalue weighted by Gasteiger charge is 1.83. The monoisotopic (exact) mass is 153 g/mol. The van der Waals surface area contributed by atoms with Crippen LogP contribution < -0.4 is 5.48 Å². The normalized spacial score (nSPS) is 10.0. The zero-order valence-corrected chi connectivity index (χ0v) is 6.58. The first-order chi connectivity index (χ1) is 4.41. The molecule has 1 unspecified atom stereocenters. The topological polar surface area (TPSA) is 39.7 Å². The summed E-state index contributed by atoms with van der Waals surface area (Å²) in [6.45, 7) is 1.37. The molecule has 0 rings (SSSR count). The summed E-state index contributed by atoms with van der Waals surface area (Å²) < 4.78 is 9.53. The number of rotatable bonds is 6. The van der Waals surface area contributed by atoms with Crippen LogP contribution in [0.4, 0.5) is 0 Å². The van der Waals surface area contributed by atoms with Gasteiger partial charge in [-0.05, 0) is 0 Å². The second-order valence-electron chi connectivity index (χ2n) is 1.25. The average molecular weight is 153 g/mol. The van der Waals surface area contributed by atoms with Crippen LogP contribution in [0.2, 0.25) is 0 Å². The van der Waals surface area contributed by atoms with Gasteiger partial charge in [-0.2, -0.15) is 0 Å². The van der Waals surface area contributed by atoms with Gasteiger partial charge in [-0.1, -0.05) is 0 Å². The Kier molecular flexibility index (Phi) is 8.52. The Morgan fingerprint density at radius 2 is 2.22 bits per heavy atom. The summed E-state index contributed by atoms with van der Waals surface area (Å²) in [5.41, 5.74) is 2.47. The Morgan fingerprint density at radius 3 is 2.78 bits per heavy atom. The molecular weight excluding hydrogens is 141 g/mol. The van der Waals surface area contributed by atoms with Crippen molar-refractivity contribution < 1.29 is 14.1 Å². The number of hydrogen-bond donors (Lipinski definition) is 1. The highest BCUT2D eigenvalue weighted by molar-refractivity contribution is 7.09. The molecule has 0 aromatic carbocycles. The summed E-state index contributed by atoms with van der Waals surface area (Å²) >= 11 is 0. The van der Waals surface area contributed by atoms with Gasteiger partial charge in [-0.25, -0.2) is 5.48 Å². The van der Waals surface area contributed by atoms with Crippen LogP contribution in [0.3, 0.4) is 0 Å². The maximum Gasteiger partial charge on any atom is 0.166 e. The second kappa shape index (κ2) is 8.27. The first-order valence-corrected chi connectivity index (χ1v) is 3.07. The molecule has 4 nitrogen and oxygen atoms in total. The lowest BCUT2D eigenvalue weighted by molar-refractivity contribution is -0.0953. The predicted octanol–water partition coefficient (Wildman–Crippen LogP) is -0.0818. The van der Waals surface area contributed by atoms with Crippen LogP contribution in [-0.4, -0.2) is 27.1 Å². The van der Waals surface area contributed by atoms with E-state index in [-0.39, 0.29) is 6.79 Å². The molecule has 0 heterocycles. The quantitative estimate of drug-likeness (QED) is 0.251. The minimum Gasteiger partial charge on any atom is -0.363 e. The van der Waals surface area contributed by atoms with Crippen molar-refractivity contribution in [2.75, 3.05) is 27.1 Å².